The number of benzene rings is 1. The summed E-state index contributed by atoms with van der Waals surface area (Å²) in [7, 11) is 1.27. The summed E-state index contributed by atoms with van der Waals surface area (Å²) in [5.41, 5.74) is 1.02. The lowest BCUT2D eigenvalue weighted by atomic mass is 10.1. The monoisotopic (exact) mass is 364 g/mol. The Morgan fingerprint density at radius 3 is 2.58 bits per heavy atom. The number of hydrogen-bond donors (Lipinski definition) is 1. The van der Waals surface area contributed by atoms with Crippen molar-refractivity contribution in [2.24, 2.45) is 0 Å². The molecule has 1 aliphatic heterocycles. The third kappa shape index (κ3) is 5.45. The molecular formula is C18H24N2O6. The Labute approximate surface area is 152 Å². The fourth-order valence-electron chi connectivity index (χ4n) is 2.86. The standard InChI is InChI=1S/C18H24N2O6/c1-25-17(22)15(8-12-26-13-14-5-3-2-4-6-14)20-11-10-19(18(23)24)9-7-16(20)21/h2-6,15H,7-13H2,1H3,(H,23,24)/t15-/m0/s1. The molecule has 1 aliphatic rings. The molecule has 0 aromatic heterocycles. The molecule has 8 nitrogen and oxygen atoms in total. The molecule has 1 saturated heterocycles. The van der Waals surface area contributed by atoms with Crippen LogP contribution in [0.1, 0.15) is 18.4 Å². The van der Waals surface area contributed by atoms with Crippen LogP contribution >= 0.6 is 0 Å². The minimum absolute atomic E-state index is 0.0463. The Balaban J connectivity index is 1.94. The highest BCUT2D eigenvalue weighted by atomic mass is 16.5. The number of nitrogens with zero attached hydrogens (tertiary/aromatic N) is 2. The van der Waals surface area contributed by atoms with Gasteiger partial charge in [0.2, 0.25) is 5.91 Å². The highest BCUT2D eigenvalue weighted by Crippen LogP contribution is 2.14. The second-order valence-corrected chi connectivity index (χ2v) is 5.97. The van der Waals surface area contributed by atoms with Gasteiger partial charge in [-0.3, -0.25) is 4.79 Å². The Morgan fingerprint density at radius 1 is 1.19 bits per heavy atom. The zero-order valence-electron chi connectivity index (χ0n) is 14.8. The molecule has 1 fully saturated rings. The average molecular weight is 364 g/mol. The van der Waals surface area contributed by atoms with E-state index in [4.69, 9.17) is 14.6 Å². The summed E-state index contributed by atoms with van der Waals surface area (Å²) in [5.74, 6) is -0.780. The third-order valence-electron chi connectivity index (χ3n) is 4.29. The van der Waals surface area contributed by atoms with Crippen LogP contribution in [0.3, 0.4) is 0 Å². The van der Waals surface area contributed by atoms with Crippen LogP contribution in [0.15, 0.2) is 30.3 Å². The topological polar surface area (TPSA) is 96.4 Å². The fourth-order valence-corrected chi connectivity index (χ4v) is 2.86. The molecule has 8 heteroatoms. The van der Waals surface area contributed by atoms with E-state index in [1.165, 1.54) is 16.9 Å². The van der Waals surface area contributed by atoms with Crippen molar-refractivity contribution < 1.29 is 29.0 Å². The van der Waals surface area contributed by atoms with Gasteiger partial charge in [0.05, 0.1) is 13.7 Å². The molecule has 26 heavy (non-hydrogen) atoms. The molecule has 0 bridgehead atoms. The zero-order valence-corrected chi connectivity index (χ0v) is 14.8. The Morgan fingerprint density at radius 2 is 1.92 bits per heavy atom. The number of hydrogen-bond acceptors (Lipinski definition) is 5. The molecule has 2 amide bonds. The molecule has 1 atom stereocenters. The van der Waals surface area contributed by atoms with Gasteiger partial charge in [-0.1, -0.05) is 30.3 Å². The third-order valence-corrected chi connectivity index (χ3v) is 4.29. The number of esters is 1. The van der Waals surface area contributed by atoms with Gasteiger partial charge in [0.15, 0.2) is 0 Å². The van der Waals surface area contributed by atoms with E-state index in [1.54, 1.807) is 0 Å². The lowest BCUT2D eigenvalue weighted by molar-refractivity contribution is -0.153. The van der Waals surface area contributed by atoms with E-state index in [2.05, 4.69) is 0 Å². The van der Waals surface area contributed by atoms with Gasteiger partial charge in [-0.2, -0.15) is 0 Å². The lowest BCUT2D eigenvalue weighted by Gasteiger charge is -2.28. The van der Waals surface area contributed by atoms with Crippen molar-refractivity contribution in [1.82, 2.24) is 9.80 Å². The van der Waals surface area contributed by atoms with Crippen molar-refractivity contribution in [3.8, 4) is 0 Å². The molecule has 1 N–H and O–H groups in total. The molecule has 0 radical (unpaired) electrons. The van der Waals surface area contributed by atoms with Crippen LogP contribution in [-0.4, -0.2) is 72.3 Å². The maximum absolute atomic E-state index is 12.4. The van der Waals surface area contributed by atoms with E-state index in [1.807, 2.05) is 30.3 Å². The summed E-state index contributed by atoms with van der Waals surface area (Å²) >= 11 is 0. The van der Waals surface area contributed by atoms with E-state index in [-0.39, 0.29) is 45.0 Å². The first-order chi connectivity index (χ1) is 12.5. The first-order valence-corrected chi connectivity index (χ1v) is 8.49. The Hall–Kier alpha value is -2.61. The minimum atomic E-state index is -1.07. The van der Waals surface area contributed by atoms with Crippen molar-refractivity contribution in [1.29, 1.82) is 0 Å². The number of amides is 2. The molecule has 1 aromatic carbocycles. The van der Waals surface area contributed by atoms with Crippen LogP contribution < -0.4 is 0 Å². The van der Waals surface area contributed by atoms with E-state index >= 15 is 0 Å². The van der Waals surface area contributed by atoms with Crippen LogP contribution in [0.2, 0.25) is 0 Å². The second kappa shape index (κ2) is 9.76. The molecule has 0 spiro atoms. The van der Waals surface area contributed by atoms with Crippen LogP contribution in [0.4, 0.5) is 4.79 Å². The summed E-state index contributed by atoms with van der Waals surface area (Å²) in [5, 5.41) is 9.10. The minimum Gasteiger partial charge on any atom is -0.467 e. The molecule has 1 heterocycles. The van der Waals surface area contributed by atoms with Gasteiger partial charge in [-0.15, -0.1) is 0 Å². The van der Waals surface area contributed by atoms with Gasteiger partial charge < -0.3 is 24.4 Å². The molecule has 0 saturated carbocycles. The van der Waals surface area contributed by atoms with E-state index in [9.17, 15) is 14.4 Å². The first kappa shape index (κ1) is 19.7. The maximum Gasteiger partial charge on any atom is 0.407 e. The van der Waals surface area contributed by atoms with Gasteiger partial charge >= 0.3 is 12.1 Å². The fraction of sp³-hybridized carbons (Fsp3) is 0.500. The summed E-state index contributed by atoms with van der Waals surface area (Å²) in [6.45, 7) is 1.14. The van der Waals surface area contributed by atoms with E-state index in [0.717, 1.165) is 5.56 Å². The predicted octanol–water partition coefficient (Wildman–Crippen LogP) is 1.35. The quantitative estimate of drug-likeness (QED) is 0.579. The van der Waals surface area contributed by atoms with Crippen molar-refractivity contribution in [3.05, 3.63) is 35.9 Å². The molecule has 0 aliphatic carbocycles. The molecule has 2 rings (SSSR count). The summed E-state index contributed by atoms with van der Waals surface area (Å²) in [6.07, 6.45) is -0.733. The highest BCUT2D eigenvalue weighted by Gasteiger charge is 2.33. The van der Waals surface area contributed by atoms with Crippen LogP contribution in [0.25, 0.3) is 0 Å². The zero-order chi connectivity index (χ0) is 18.9. The number of carbonyl (C=O) groups excluding carboxylic acids is 2. The predicted molar refractivity (Wildman–Crippen MR) is 92.4 cm³/mol. The van der Waals surface area contributed by atoms with Crippen molar-refractivity contribution in [3.63, 3.8) is 0 Å². The number of carbonyl (C=O) groups is 3. The lowest BCUT2D eigenvalue weighted by Crippen LogP contribution is -2.47. The normalized spacial score (nSPS) is 16.1. The average Bonchev–Trinajstić information content (AvgIpc) is 2.84. The largest absolute Gasteiger partial charge is 0.467 e. The van der Waals surface area contributed by atoms with Crippen molar-refractivity contribution >= 4 is 18.0 Å². The van der Waals surface area contributed by atoms with Gasteiger partial charge in [0.1, 0.15) is 6.04 Å². The number of ether oxygens (including phenoxy) is 2. The highest BCUT2D eigenvalue weighted by molar-refractivity contribution is 5.85. The van der Waals surface area contributed by atoms with Crippen molar-refractivity contribution in [2.45, 2.75) is 25.5 Å². The Bertz CT molecular complexity index is 621. The maximum atomic E-state index is 12.4. The molecule has 1 aromatic rings. The van der Waals surface area contributed by atoms with Gasteiger partial charge in [0, 0.05) is 39.1 Å². The van der Waals surface area contributed by atoms with E-state index < -0.39 is 18.1 Å². The van der Waals surface area contributed by atoms with E-state index in [0.29, 0.717) is 6.61 Å². The molecule has 142 valence electrons. The second-order valence-electron chi connectivity index (χ2n) is 5.97. The summed E-state index contributed by atoms with van der Waals surface area (Å²) in [6, 6.07) is 8.85. The van der Waals surface area contributed by atoms with Crippen molar-refractivity contribution in [2.75, 3.05) is 33.4 Å². The number of methoxy groups -OCH3 is 1. The van der Waals surface area contributed by atoms with Crippen LogP contribution in [0, 0.1) is 0 Å². The van der Waals surface area contributed by atoms with Crippen LogP contribution in [0.5, 0.6) is 0 Å². The Kier molecular flexibility index (Phi) is 7.40. The SMILES string of the molecule is COC(=O)[C@H](CCOCc1ccccc1)N1CCN(C(=O)O)CCC1=O. The number of carboxylic acid groups (broad SMARTS) is 1. The van der Waals surface area contributed by atoms with Gasteiger partial charge in [-0.05, 0) is 5.56 Å². The van der Waals surface area contributed by atoms with Gasteiger partial charge in [0.25, 0.3) is 0 Å². The molecule has 0 unspecified atom stereocenters. The summed E-state index contributed by atoms with van der Waals surface area (Å²) < 4.78 is 10.4. The first-order valence-electron chi connectivity index (χ1n) is 8.49. The number of rotatable bonds is 7. The smallest absolute Gasteiger partial charge is 0.407 e. The summed E-state index contributed by atoms with van der Waals surface area (Å²) in [4.78, 5) is 38.2. The van der Waals surface area contributed by atoms with Crippen LogP contribution in [-0.2, 0) is 25.7 Å². The molecular weight excluding hydrogens is 340 g/mol. The van der Waals surface area contributed by atoms with Gasteiger partial charge in [-0.25, -0.2) is 9.59 Å².